The highest BCUT2D eigenvalue weighted by molar-refractivity contribution is 6.00. The summed E-state index contributed by atoms with van der Waals surface area (Å²) in [5.74, 6) is -3.70. The van der Waals surface area contributed by atoms with Crippen molar-refractivity contribution in [3.8, 4) is 0 Å². The molecular formula is C17H22N2O8. The molecule has 0 aromatic rings. The summed E-state index contributed by atoms with van der Waals surface area (Å²) in [6, 6.07) is 0. The lowest BCUT2D eigenvalue weighted by Gasteiger charge is -2.40. The molecule has 0 radical (unpaired) electrons. The van der Waals surface area contributed by atoms with Crippen LogP contribution in [0.4, 0.5) is 0 Å². The summed E-state index contributed by atoms with van der Waals surface area (Å²) in [5.41, 5.74) is -0.369. The van der Waals surface area contributed by atoms with Gasteiger partial charge in [0.05, 0.1) is 0 Å². The molecule has 1 fully saturated rings. The van der Waals surface area contributed by atoms with Gasteiger partial charge in [0.1, 0.15) is 12.2 Å². The number of ether oxygens (including phenoxy) is 1. The normalized spacial score (nSPS) is 34.1. The van der Waals surface area contributed by atoms with Gasteiger partial charge in [-0.3, -0.25) is 19.2 Å². The van der Waals surface area contributed by atoms with Gasteiger partial charge in [0.15, 0.2) is 29.2 Å². The first-order valence-corrected chi connectivity index (χ1v) is 8.14. The number of amides is 1. The van der Waals surface area contributed by atoms with Crippen LogP contribution in [0.1, 0.15) is 27.2 Å². The molecule has 0 spiro atoms. The number of carbonyl (C=O) groups excluding carboxylic acids is 4. The summed E-state index contributed by atoms with van der Waals surface area (Å²) in [5, 5.41) is 32.2. The van der Waals surface area contributed by atoms with Gasteiger partial charge in [0.2, 0.25) is 11.5 Å². The monoisotopic (exact) mass is 382 g/mol. The van der Waals surface area contributed by atoms with Crippen LogP contribution in [0.15, 0.2) is 24.0 Å². The molecule has 10 heteroatoms. The lowest BCUT2D eigenvalue weighted by atomic mass is 9.73. The van der Waals surface area contributed by atoms with E-state index in [1.165, 1.54) is 18.5 Å². The maximum Gasteiger partial charge on any atom is 0.246 e. The first kappa shape index (κ1) is 20.9. The van der Waals surface area contributed by atoms with Gasteiger partial charge in [-0.15, -0.1) is 0 Å². The van der Waals surface area contributed by atoms with Crippen molar-refractivity contribution in [2.24, 2.45) is 5.73 Å². The number of allylic oxidation sites excluding steroid dienone is 1. The van der Waals surface area contributed by atoms with Crippen LogP contribution in [-0.2, 0) is 23.9 Å². The molecule has 0 saturated carbocycles. The Hall–Kier alpha value is -2.40. The molecule has 0 aromatic heterocycles. The number of nitrogens with two attached hydrogens (primary N) is 1. The molecule has 2 aliphatic rings. The zero-order chi connectivity index (χ0) is 20.7. The van der Waals surface area contributed by atoms with Gasteiger partial charge < -0.3 is 30.7 Å². The molecule has 1 unspecified atom stereocenters. The molecule has 1 amide bonds. The van der Waals surface area contributed by atoms with E-state index in [0.717, 1.165) is 25.7 Å². The molecule has 2 aliphatic heterocycles. The zero-order valence-electron chi connectivity index (χ0n) is 15.1. The second-order valence-corrected chi connectivity index (χ2v) is 6.66. The van der Waals surface area contributed by atoms with E-state index in [-0.39, 0.29) is 12.0 Å². The highest BCUT2D eigenvalue weighted by atomic mass is 16.6. The van der Waals surface area contributed by atoms with E-state index in [9.17, 15) is 34.5 Å². The zero-order valence-corrected chi connectivity index (χ0v) is 15.1. The van der Waals surface area contributed by atoms with Crippen LogP contribution in [0, 0.1) is 0 Å². The molecule has 5 atom stereocenters. The average Bonchev–Trinajstić information content (AvgIpc) is 2.85. The van der Waals surface area contributed by atoms with Gasteiger partial charge in [0.25, 0.3) is 0 Å². The van der Waals surface area contributed by atoms with E-state index >= 15 is 0 Å². The number of ketones is 3. The number of carbonyl (C=O) groups is 4. The van der Waals surface area contributed by atoms with Crippen LogP contribution < -0.4 is 5.73 Å². The van der Waals surface area contributed by atoms with Gasteiger partial charge in [-0.25, -0.2) is 0 Å². The van der Waals surface area contributed by atoms with Gasteiger partial charge in [0, 0.05) is 18.0 Å². The second-order valence-electron chi connectivity index (χ2n) is 6.66. The first-order valence-electron chi connectivity index (χ1n) is 8.14. The van der Waals surface area contributed by atoms with Crippen LogP contribution in [0.5, 0.6) is 0 Å². The third kappa shape index (κ3) is 3.00. The molecule has 27 heavy (non-hydrogen) atoms. The molecule has 10 nitrogen and oxygen atoms in total. The Morgan fingerprint density at radius 1 is 1.19 bits per heavy atom. The van der Waals surface area contributed by atoms with Crippen molar-refractivity contribution in [3.05, 3.63) is 24.0 Å². The van der Waals surface area contributed by atoms with E-state index in [2.05, 4.69) is 0 Å². The Morgan fingerprint density at radius 3 is 2.19 bits per heavy atom. The fourth-order valence-electron chi connectivity index (χ4n) is 3.34. The Labute approximate surface area is 154 Å². The minimum atomic E-state index is -2.90. The van der Waals surface area contributed by atoms with Crippen LogP contribution >= 0.6 is 0 Å². The van der Waals surface area contributed by atoms with E-state index in [1.54, 1.807) is 0 Å². The number of hydrogen-bond acceptors (Lipinski definition) is 9. The van der Waals surface area contributed by atoms with Crippen LogP contribution in [-0.4, -0.2) is 73.1 Å². The summed E-state index contributed by atoms with van der Waals surface area (Å²) in [7, 11) is 0. The molecule has 5 N–H and O–H groups in total. The molecule has 148 valence electrons. The molecule has 0 aromatic carbocycles. The van der Waals surface area contributed by atoms with Crippen molar-refractivity contribution >= 4 is 23.3 Å². The van der Waals surface area contributed by atoms with Gasteiger partial charge in [-0.2, -0.15) is 0 Å². The largest absolute Gasteiger partial charge is 0.382 e. The van der Waals surface area contributed by atoms with Gasteiger partial charge in [-0.05, 0) is 27.2 Å². The maximum atomic E-state index is 12.3. The highest BCUT2D eigenvalue weighted by Crippen LogP contribution is 2.45. The standard InChI is InChI=1S/C17H22N2O8/c1-8(20)12(23)13-16(25,9(2)21)17(26,10(3)22)15(27-13)19-6-4-5-11(7-19)14(18)24/h4,6-7,12-13,15,23,25-26H,5H2,1-3H3,(H2,18,24)/t12?,13-,15-,16-,17+/m1/s1. The third-order valence-corrected chi connectivity index (χ3v) is 4.91. The van der Waals surface area contributed by atoms with Crippen molar-refractivity contribution < 1.29 is 39.2 Å². The average molecular weight is 382 g/mol. The minimum Gasteiger partial charge on any atom is -0.382 e. The lowest BCUT2D eigenvalue weighted by Crippen LogP contribution is -2.69. The Balaban J connectivity index is 2.64. The summed E-state index contributed by atoms with van der Waals surface area (Å²) in [6.07, 6.45) is -1.36. The SMILES string of the molecule is CC(=O)C(O)[C@H]1O[C@@H](N2C=CCC(C(N)=O)=C2)[C@@](O)(C(C)=O)[C@@]1(O)C(C)=O. The quantitative estimate of drug-likeness (QED) is 0.402. The van der Waals surface area contributed by atoms with Gasteiger partial charge in [-0.1, -0.05) is 6.08 Å². The fourth-order valence-corrected chi connectivity index (χ4v) is 3.34. The summed E-state index contributed by atoms with van der Waals surface area (Å²) >= 11 is 0. The van der Waals surface area contributed by atoms with E-state index in [1.807, 2.05) is 0 Å². The summed E-state index contributed by atoms with van der Waals surface area (Å²) in [6.45, 7) is 2.83. The lowest BCUT2D eigenvalue weighted by molar-refractivity contribution is -0.184. The van der Waals surface area contributed by atoms with Crippen molar-refractivity contribution in [3.63, 3.8) is 0 Å². The Morgan fingerprint density at radius 2 is 1.74 bits per heavy atom. The number of aliphatic hydroxyl groups is 3. The van der Waals surface area contributed by atoms with Crippen molar-refractivity contribution in [1.82, 2.24) is 4.90 Å². The number of nitrogens with zero attached hydrogens (tertiary/aromatic N) is 1. The molecule has 0 bridgehead atoms. The van der Waals surface area contributed by atoms with Crippen molar-refractivity contribution in [1.29, 1.82) is 0 Å². The van der Waals surface area contributed by atoms with Crippen LogP contribution in [0.25, 0.3) is 0 Å². The number of aliphatic hydroxyl groups excluding tert-OH is 1. The molecule has 1 saturated heterocycles. The summed E-state index contributed by atoms with van der Waals surface area (Å²) in [4.78, 5) is 48.7. The highest BCUT2D eigenvalue weighted by Gasteiger charge is 2.73. The first-order chi connectivity index (χ1) is 12.4. The van der Waals surface area contributed by atoms with Crippen LogP contribution in [0.3, 0.4) is 0 Å². The Kier molecular flexibility index (Phi) is 5.39. The molecule has 2 heterocycles. The maximum absolute atomic E-state index is 12.3. The minimum absolute atomic E-state index is 0.119. The number of hydrogen-bond donors (Lipinski definition) is 4. The molecule has 0 aliphatic carbocycles. The smallest absolute Gasteiger partial charge is 0.246 e. The predicted molar refractivity (Wildman–Crippen MR) is 89.5 cm³/mol. The second kappa shape index (κ2) is 6.97. The topological polar surface area (TPSA) is 167 Å². The third-order valence-electron chi connectivity index (χ3n) is 4.91. The molecular weight excluding hydrogens is 360 g/mol. The number of rotatable bonds is 6. The van der Waals surface area contributed by atoms with Crippen LogP contribution in [0.2, 0.25) is 0 Å². The Bertz CT molecular complexity index is 760. The van der Waals surface area contributed by atoms with Crippen molar-refractivity contribution in [2.75, 3.05) is 0 Å². The van der Waals surface area contributed by atoms with Crippen molar-refractivity contribution in [2.45, 2.75) is 56.8 Å². The van der Waals surface area contributed by atoms with E-state index in [0.29, 0.717) is 0 Å². The summed E-state index contributed by atoms with van der Waals surface area (Å²) < 4.78 is 5.47. The van der Waals surface area contributed by atoms with E-state index in [4.69, 9.17) is 10.5 Å². The predicted octanol–water partition coefficient (Wildman–Crippen LogP) is -2.11. The molecule has 2 rings (SSSR count). The number of primary amides is 1. The number of Topliss-reactive ketones (excluding diaryl/α,β-unsaturated/α-hetero) is 3. The van der Waals surface area contributed by atoms with E-state index < -0.39 is 52.9 Å². The fraction of sp³-hybridized carbons (Fsp3) is 0.529. The van der Waals surface area contributed by atoms with Gasteiger partial charge >= 0.3 is 0 Å².